The van der Waals surface area contributed by atoms with Crippen LogP contribution in [-0.4, -0.2) is 35.1 Å². The Balaban J connectivity index is 1.88. The predicted octanol–water partition coefficient (Wildman–Crippen LogP) is 1.58. The number of likely N-dealkylation sites (tertiary alicyclic amines) is 1. The summed E-state index contributed by atoms with van der Waals surface area (Å²) in [6, 6.07) is 0.351. The Hall–Kier alpha value is -0.570. The first kappa shape index (κ1) is 9.97. The highest BCUT2D eigenvalue weighted by atomic mass is 16.4. The number of rotatable bonds is 3. The Morgan fingerprint density at radius 2 is 2.21 bits per heavy atom. The van der Waals surface area contributed by atoms with Crippen LogP contribution in [0.4, 0.5) is 0 Å². The monoisotopic (exact) mass is 197 g/mol. The van der Waals surface area contributed by atoms with Gasteiger partial charge in [0.1, 0.15) is 0 Å². The zero-order valence-electron chi connectivity index (χ0n) is 8.78. The van der Waals surface area contributed by atoms with Crippen molar-refractivity contribution in [2.75, 3.05) is 13.1 Å². The van der Waals surface area contributed by atoms with E-state index < -0.39 is 5.97 Å². The third-order valence-corrected chi connectivity index (χ3v) is 3.92. The zero-order valence-corrected chi connectivity index (χ0v) is 8.78. The molecule has 1 saturated carbocycles. The highest BCUT2D eigenvalue weighted by molar-refractivity contribution is 5.72. The van der Waals surface area contributed by atoms with Crippen molar-refractivity contribution >= 4 is 5.97 Å². The molecular formula is C11H19NO2. The molecule has 80 valence electrons. The van der Waals surface area contributed by atoms with Crippen molar-refractivity contribution in [1.82, 2.24) is 4.90 Å². The molecule has 0 radical (unpaired) electrons. The van der Waals surface area contributed by atoms with Crippen LogP contribution < -0.4 is 0 Å². The Bertz CT molecular complexity index is 229. The van der Waals surface area contributed by atoms with Gasteiger partial charge in [0, 0.05) is 12.6 Å². The normalized spacial score (nSPS) is 38.2. The average Bonchev–Trinajstić information content (AvgIpc) is 2.49. The van der Waals surface area contributed by atoms with Gasteiger partial charge in [-0.05, 0) is 31.7 Å². The van der Waals surface area contributed by atoms with E-state index in [0.717, 1.165) is 31.8 Å². The third-order valence-electron chi connectivity index (χ3n) is 3.92. The summed E-state index contributed by atoms with van der Waals surface area (Å²) < 4.78 is 0. The van der Waals surface area contributed by atoms with Gasteiger partial charge in [0.15, 0.2) is 0 Å². The first-order valence-electron chi connectivity index (χ1n) is 5.69. The molecule has 14 heavy (non-hydrogen) atoms. The highest BCUT2D eigenvalue weighted by Crippen LogP contribution is 2.35. The van der Waals surface area contributed by atoms with Gasteiger partial charge in [0.25, 0.3) is 0 Å². The second-order valence-electron chi connectivity index (χ2n) is 4.65. The number of aliphatic carboxylic acids is 1. The van der Waals surface area contributed by atoms with Crippen molar-refractivity contribution in [2.24, 2.45) is 11.8 Å². The number of hydrogen-bond acceptors (Lipinski definition) is 2. The summed E-state index contributed by atoms with van der Waals surface area (Å²) in [4.78, 5) is 13.3. The van der Waals surface area contributed by atoms with Gasteiger partial charge in [0.05, 0.1) is 5.92 Å². The number of carboxylic acids is 1. The minimum Gasteiger partial charge on any atom is -0.481 e. The van der Waals surface area contributed by atoms with E-state index in [9.17, 15) is 4.79 Å². The van der Waals surface area contributed by atoms with Crippen molar-refractivity contribution in [3.8, 4) is 0 Å². The minimum atomic E-state index is -0.596. The van der Waals surface area contributed by atoms with Crippen molar-refractivity contribution < 1.29 is 9.90 Å². The van der Waals surface area contributed by atoms with Gasteiger partial charge in [0.2, 0.25) is 0 Å². The Morgan fingerprint density at radius 3 is 2.64 bits per heavy atom. The SMILES string of the molecule is CCC1CCN(C2CCC2C(=O)O)C1. The first-order valence-corrected chi connectivity index (χ1v) is 5.69. The second kappa shape index (κ2) is 3.89. The van der Waals surface area contributed by atoms with Crippen LogP contribution in [-0.2, 0) is 4.79 Å². The van der Waals surface area contributed by atoms with Gasteiger partial charge in [-0.25, -0.2) is 0 Å². The molecule has 2 fully saturated rings. The number of nitrogens with zero attached hydrogens (tertiary/aromatic N) is 1. The van der Waals surface area contributed by atoms with Crippen molar-refractivity contribution in [3.63, 3.8) is 0 Å². The van der Waals surface area contributed by atoms with Gasteiger partial charge < -0.3 is 5.11 Å². The van der Waals surface area contributed by atoms with Gasteiger partial charge in [-0.1, -0.05) is 13.3 Å². The second-order valence-corrected chi connectivity index (χ2v) is 4.65. The largest absolute Gasteiger partial charge is 0.481 e. The summed E-state index contributed by atoms with van der Waals surface area (Å²) in [7, 11) is 0. The smallest absolute Gasteiger partial charge is 0.308 e. The fourth-order valence-electron chi connectivity index (χ4n) is 2.70. The average molecular weight is 197 g/mol. The van der Waals surface area contributed by atoms with Crippen LogP contribution in [0, 0.1) is 11.8 Å². The van der Waals surface area contributed by atoms with E-state index in [1.165, 1.54) is 12.8 Å². The van der Waals surface area contributed by atoms with E-state index in [0.29, 0.717) is 6.04 Å². The lowest BCUT2D eigenvalue weighted by Gasteiger charge is -2.40. The molecule has 3 atom stereocenters. The van der Waals surface area contributed by atoms with E-state index in [1.807, 2.05) is 0 Å². The quantitative estimate of drug-likeness (QED) is 0.746. The lowest BCUT2D eigenvalue weighted by atomic mass is 9.78. The summed E-state index contributed by atoms with van der Waals surface area (Å²) in [6.07, 6.45) is 4.47. The third kappa shape index (κ3) is 1.65. The summed E-state index contributed by atoms with van der Waals surface area (Å²) in [5, 5.41) is 8.96. The van der Waals surface area contributed by atoms with Crippen LogP contribution in [0.1, 0.15) is 32.6 Å². The Labute approximate surface area is 85.1 Å². The van der Waals surface area contributed by atoms with E-state index in [1.54, 1.807) is 0 Å². The van der Waals surface area contributed by atoms with Crippen LogP contribution in [0.3, 0.4) is 0 Å². The van der Waals surface area contributed by atoms with Crippen LogP contribution >= 0.6 is 0 Å². The molecule has 1 saturated heterocycles. The fraction of sp³-hybridized carbons (Fsp3) is 0.909. The van der Waals surface area contributed by atoms with E-state index in [-0.39, 0.29) is 5.92 Å². The zero-order chi connectivity index (χ0) is 10.1. The van der Waals surface area contributed by atoms with E-state index in [4.69, 9.17) is 5.11 Å². The summed E-state index contributed by atoms with van der Waals surface area (Å²) >= 11 is 0. The summed E-state index contributed by atoms with van der Waals surface area (Å²) in [5.41, 5.74) is 0. The standard InChI is InChI=1S/C11H19NO2/c1-2-8-5-6-12(7-8)10-4-3-9(10)11(13)14/h8-10H,2-7H2,1H3,(H,13,14). The molecule has 0 aromatic heterocycles. The highest BCUT2D eigenvalue weighted by Gasteiger charge is 2.42. The predicted molar refractivity (Wildman–Crippen MR) is 54.1 cm³/mol. The molecule has 1 aliphatic carbocycles. The molecule has 1 aliphatic heterocycles. The Kier molecular flexibility index (Phi) is 2.77. The summed E-state index contributed by atoms with van der Waals surface area (Å²) in [6.45, 7) is 4.47. The van der Waals surface area contributed by atoms with Gasteiger partial charge in [-0.15, -0.1) is 0 Å². The fourth-order valence-corrected chi connectivity index (χ4v) is 2.70. The van der Waals surface area contributed by atoms with Crippen LogP contribution in [0.5, 0.6) is 0 Å². The first-order chi connectivity index (χ1) is 6.72. The molecule has 3 nitrogen and oxygen atoms in total. The van der Waals surface area contributed by atoms with Gasteiger partial charge >= 0.3 is 5.97 Å². The maximum Gasteiger partial charge on any atom is 0.308 e. The minimum absolute atomic E-state index is 0.0781. The molecule has 0 aromatic carbocycles. The maximum atomic E-state index is 10.9. The maximum absolute atomic E-state index is 10.9. The molecule has 3 heteroatoms. The molecule has 3 unspecified atom stereocenters. The Morgan fingerprint density at radius 1 is 1.43 bits per heavy atom. The topological polar surface area (TPSA) is 40.5 Å². The summed E-state index contributed by atoms with van der Waals surface area (Å²) in [5.74, 6) is 0.136. The van der Waals surface area contributed by atoms with Crippen molar-refractivity contribution in [2.45, 2.75) is 38.6 Å². The van der Waals surface area contributed by atoms with Crippen LogP contribution in [0.15, 0.2) is 0 Å². The number of carbonyl (C=O) groups is 1. The van der Waals surface area contributed by atoms with Crippen molar-refractivity contribution in [3.05, 3.63) is 0 Å². The van der Waals surface area contributed by atoms with Crippen molar-refractivity contribution in [1.29, 1.82) is 0 Å². The molecule has 0 aromatic rings. The molecule has 2 aliphatic rings. The van der Waals surface area contributed by atoms with E-state index >= 15 is 0 Å². The number of hydrogen-bond donors (Lipinski definition) is 1. The molecule has 0 bridgehead atoms. The number of carboxylic acid groups (broad SMARTS) is 1. The molecule has 0 spiro atoms. The lowest BCUT2D eigenvalue weighted by Crippen LogP contribution is -2.49. The molecule has 1 N–H and O–H groups in total. The van der Waals surface area contributed by atoms with Gasteiger partial charge in [-0.2, -0.15) is 0 Å². The molecule has 1 heterocycles. The molecule has 2 rings (SSSR count). The molecule has 0 amide bonds. The lowest BCUT2D eigenvalue weighted by molar-refractivity contribution is -0.148. The van der Waals surface area contributed by atoms with Crippen LogP contribution in [0.2, 0.25) is 0 Å². The van der Waals surface area contributed by atoms with Crippen LogP contribution in [0.25, 0.3) is 0 Å². The van der Waals surface area contributed by atoms with E-state index in [2.05, 4.69) is 11.8 Å². The van der Waals surface area contributed by atoms with Gasteiger partial charge in [-0.3, -0.25) is 9.69 Å². The molecular weight excluding hydrogens is 178 g/mol.